The van der Waals surface area contributed by atoms with Crippen LogP contribution in [0.25, 0.3) is 0 Å². The maximum Gasteiger partial charge on any atom is 0.103 e. The van der Waals surface area contributed by atoms with Gasteiger partial charge < -0.3 is 14.9 Å². The molecule has 84 valence electrons. The van der Waals surface area contributed by atoms with Crippen molar-refractivity contribution < 1.29 is 9.15 Å². The van der Waals surface area contributed by atoms with E-state index in [2.05, 4.69) is 0 Å². The van der Waals surface area contributed by atoms with Crippen molar-refractivity contribution in [2.75, 3.05) is 13.2 Å². The first-order chi connectivity index (χ1) is 7.36. The summed E-state index contributed by atoms with van der Waals surface area (Å²) in [4.78, 5) is 0. The van der Waals surface area contributed by atoms with Crippen molar-refractivity contribution >= 4 is 0 Å². The highest BCUT2D eigenvalue weighted by atomic mass is 16.5. The molecule has 0 spiro atoms. The lowest BCUT2D eigenvalue weighted by atomic mass is 9.89. The summed E-state index contributed by atoms with van der Waals surface area (Å²) in [6, 6.07) is 4.23. The molecule has 1 aliphatic heterocycles. The van der Waals surface area contributed by atoms with Gasteiger partial charge in [-0.15, -0.1) is 0 Å². The van der Waals surface area contributed by atoms with Gasteiger partial charge in [0, 0.05) is 25.7 Å². The molecule has 0 saturated carbocycles. The van der Waals surface area contributed by atoms with Gasteiger partial charge in [0.1, 0.15) is 5.76 Å². The third kappa shape index (κ3) is 3.08. The van der Waals surface area contributed by atoms with Gasteiger partial charge in [0.05, 0.1) is 6.26 Å². The molecule has 0 aromatic carbocycles. The molecule has 1 fully saturated rings. The number of aryl methyl sites for hydroxylation is 1. The Balaban J connectivity index is 1.74. The van der Waals surface area contributed by atoms with Crippen LogP contribution in [0.1, 0.15) is 25.0 Å². The highest BCUT2D eigenvalue weighted by molar-refractivity contribution is 4.98. The van der Waals surface area contributed by atoms with Crippen LogP contribution >= 0.6 is 0 Å². The van der Waals surface area contributed by atoms with E-state index in [0.717, 1.165) is 44.7 Å². The third-order valence-corrected chi connectivity index (χ3v) is 3.18. The Morgan fingerprint density at radius 2 is 2.20 bits per heavy atom. The Labute approximate surface area is 90.6 Å². The van der Waals surface area contributed by atoms with E-state index in [1.807, 2.05) is 12.1 Å². The van der Waals surface area contributed by atoms with Crippen molar-refractivity contribution in [2.24, 2.45) is 11.7 Å². The van der Waals surface area contributed by atoms with Gasteiger partial charge in [-0.3, -0.25) is 0 Å². The van der Waals surface area contributed by atoms with Crippen molar-refractivity contribution in [1.29, 1.82) is 0 Å². The largest absolute Gasteiger partial charge is 0.469 e. The fourth-order valence-corrected chi connectivity index (χ4v) is 2.14. The Morgan fingerprint density at radius 3 is 2.87 bits per heavy atom. The molecule has 1 aromatic rings. The molecule has 2 rings (SSSR count). The molecule has 1 atom stereocenters. The van der Waals surface area contributed by atoms with Gasteiger partial charge >= 0.3 is 0 Å². The van der Waals surface area contributed by atoms with E-state index in [1.165, 1.54) is 0 Å². The van der Waals surface area contributed by atoms with E-state index in [4.69, 9.17) is 14.9 Å². The maximum atomic E-state index is 6.17. The van der Waals surface area contributed by atoms with Gasteiger partial charge in [-0.1, -0.05) is 0 Å². The lowest BCUT2D eigenvalue weighted by Gasteiger charge is -2.27. The zero-order valence-corrected chi connectivity index (χ0v) is 9.02. The van der Waals surface area contributed by atoms with Gasteiger partial charge in [-0.05, 0) is 37.3 Å². The molecule has 1 aliphatic rings. The van der Waals surface area contributed by atoms with Crippen LogP contribution in [0, 0.1) is 5.92 Å². The lowest BCUT2D eigenvalue weighted by Crippen LogP contribution is -2.34. The topological polar surface area (TPSA) is 48.4 Å². The summed E-state index contributed by atoms with van der Waals surface area (Å²) < 4.78 is 10.6. The van der Waals surface area contributed by atoms with Crippen LogP contribution in [0.3, 0.4) is 0 Å². The van der Waals surface area contributed by atoms with Crippen LogP contribution < -0.4 is 5.73 Å². The third-order valence-electron chi connectivity index (χ3n) is 3.18. The van der Waals surface area contributed by atoms with E-state index in [1.54, 1.807) is 6.26 Å². The van der Waals surface area contributed by atoms with Crippen LogP contribution in [-0.4, -0.2) is 19.3 Å². The summed E-state index contributed by atoms with van der Waals surface area (Å²) in [5.74, 6) is 1.67. The zero-order chi connectivity index (χ0) is 10.5. The molecule has 2 heterocycles. The van der Waals surface area contributed by atoms with Crippen LogP contribution in [0.15, 0.2) is 22.8 Å². The summed E-state index contributed by atoms with van der Waals surface area (Å²) >= 11 is 0. The number of ether oxygens (including phenoxy) is 1. The molecule has 1 unspecified atom stereocenters. The number of hydrogen-bond donors (Lipinski definition) is 1. The summed E-state index contributed by atoms with van der Waals surface area (Å²) in [5, 5.41) is 0. The van der Waals surface area contributed by atoms with Crippen LogP contribution in [-0.2, 0) is 11.2 Å². The number of rotatable bonds is 4. The molecule has 1 aromatic heterocycles. The minimum absolute atomic E-state index is 0.291. The van der Waals surface area contributed by atoms with Crippen LogP contribution in [0.4, 0.5) is 0 Å². The predicted molar refractivity (Wildman–Crippen MR) is 58.5 cm³/mol. The maximum absolute atomic E-state index is 6.17. The minimum atomic E-state index is 0.291. The van der Waals surface area contributed by atoms with Gasteiger partial charge in [0.15, 0.2) is 0 Å². The Kier molecular flexibility index (Phi) is 3.80. The number of furan rings is 1. The predicted octanol–water partition coefficient (Wildman–Crippen LogP) is 1.97. The van der Waals surface area contributed by atoms with Gasteiger partial charge in [0.2, 0.25) is 0 Å². The first-order valence-corrected chi connectivity index (χ1v) is 5.72. The molecule has 0 aliphatic carbocycles. The molecule has 15 heavy (non-hydrogen) atoms. The van der Waals surface area contributed by atoms with Crippen molar-refractivity contribution in [1.82, 2.24) is 0 Å². The van der Waals surface area contributed by atoms with E-state index in [9.17, 15) is 0 Å². The van der Waals surface area contributed by atoms with Crippen LogP contribution in [0.2, 0.25) is 0 Å². The molecule has 3 heteroatoms. The zero-order valence-electron chi connectivity index (χ0n) is 9.02. The van der Waals surface area contributed by atoms with Crippen molar-refractivity contribution in [3.8, 4) is 0 Å². The minimum Gasteiger partial charge on any atom is -0.469 e. The smallest absolute Gasteiger partial charge is 0.103 e. The van der Waals surface area contributed by atoms with Gasteiger partial charge in [0.25, 0.3) is 0 Å². The molecule has 0 bridgehead atoms. The average molecular weight is 209 g/mol. The summed E-state index contributed by atoms with van der Waals surface area (Å²) in [5.41, 5.74) is 6.17. The number of hydrogen-bond acceptors (Lipinski definition) is 3. The highest BCUT2D eigenvalue weighted by Gasteiger charge is 2.20. The molecule has 0 amide bonds. The molecule has 0 radical (unpaired) electrons. The fourth-order valence-electron chi connectivity index (χ4n) is 2.14. The fraction of sp³-hybridized carbons (Fsp3) is 0.667. The standard InChI is InChI=1S/C12H19NO2/c13-12(10-5-8-14-9-6-10)4-3-11-2-1-7-15-11/h1-2,7,10,12H,3-6,8-9,13H2. The van der Waals surface area contributed by atoms with Crippen molar-refractivity contribution in [3.05, 3.63) is 24.2 Å². The first-order valence-electron chi connectivity index (χ1n) is 5.72. The van der Waals surface area contributed by atoms with Crippen LogP contribution in [0.5, 0.6) is 0 Å². The first kappa shape index (κ1) is 10.7. The van der Waals surface area contributed by atoms with E-state index >= 15 is 0 Å². The van der Waals surface area contributed by atoms with Crippen molar-refractivity contribution in [3.63, 3.8) is 0 Å². The molecule has 1 saturated heterocycles. The van der Waals surface area contributed by atoms with E-state index in [0.29, 0.717) is 12.0 Å². The molecular formula is C12H19NO2. The molecule has 3 nitrogen and oxygen atoms in total. The summed E-state index contributed by atoms with van der Waals surface area (Å²) in [7, 11) is 0. The van der Waals surface area contributed by atoms with Gasteiger partial charge in [-0.25, -0.2) is 0 Å². The van der Waals surface area contributed by atoms with Crippen molar-refractivity contribution in [2.45, 2.75) is 31.7 Å². The Morgan fingerprint density at radius 1 is 1.40 bits per heavy atom. The summed E-state index contributed by atoms with van der Waals surface area (Å²) in [6.45, 7) is 1.75. The van der Waals surface area contributed by atoms with Gasteiger partial charge in [-0.2, -0.15) is 0 Å². The molecular weight excluding hydrogens is 190 g/mol. The normalized spacial score (nSPS) is 20.3. The monoisotopic (exact) mass is 209 g/mol. The quantitative estimate of drug-likeness (QED) is 0.824. The average Bonchev–Trinajstić information content (AvgIpc) is 2.80. The summed E-state index contributed by atoms with van der Waals surface area (Å²) in [6.07, 6.45) is 5.90. The second-order valence-electron chi connectivity index (χ2n) is 4.23. The number of nitrogens with two attached hydrogens (primary N) is 1. The SMILES string of the molecule is NC(CCc1ccco1)C1CCOCC1. The Bertz CT molecular complexity index is 265. The molecule has 2 N–H and O–H groups in total. The second kappa shape index (κ2) is 5.33. The Hall–Kier alpha value is -0.800. The van der Waals surface area contributed by atoms with E-state index in [-0.39, 0.29) is 0 Å². The lowest BCUT2D eigenvalue weighted by molar-refractivity contribution is 0.0574. The highest BCUT2D eigenvalue weighted by Crippen LogP contribution is 2.20. The second-order valence-corrected chi connectivity index (χ2v) is 4.23. The van der Waals surface area contributed by atoms with E-state index < -0.39 is 0 Å².